The lowest BCUT2D eigenvalue weighted by atomic mass is 9.84. The molecule has 2 heterocycles. The number of nitrogens with zero attached hydrogens (tertiary/aromatic N) is 3. The van der Waals surface area contributed by atoms with Crippen molar-refractivity contribution in [1.82, 2.24) is 9.80 Å². The van der Waals surface area contributed by atoms with Crippen LogP contribution in [0.3, 0.4) is 0 Å². The van der Waals surface area contributed by atoms with Gasteiger partial charge in [-0.3, -0.25) is 19.9 Å². The smallest absolute Gasteiger partial charge is 0.320 e. The van der Waals surface area contributed by atoms with Crippen LogP contribution in [0, 0.1) is 11.2 Å². The van der Waals surface area contributed by atoms with Gasteiger partial charge in [-0.1, -0.05) is 27.7 Å². The van der Waals surface area contributed by atoms with E-state index < -0.39 is 17.8 Å². The average Bonchev–Trinajstić information content (AvgIpc) is 3.28. The summed E-state index contributed by atoms with van der Waals surface area (Å²) in [4.78, 5) is 31.3. The lowest BCUT2D eigenvalue weighted by molar-refractivity contribution is -0.143. The number of aliphatic carboxylic acids is 1. The number of halogens is 3. The maximum Gasteiger partial charge on any atom is 0.320 e. The highest BCUT2D eigenvalue weighted by Gasteiger charge is 2.35. The lowest BCUT2D eigenvalue weighted by Crippen LogP contribution is -2.52. The van der Waals surface area contributed by atoms with Crippen LogP contribution < -0.4 is 19.1 Å². The number of carboxylic acid groups (broad SMARTS) is 1. The molecule has 2 aliphatic heterocycles. The van der Waals surface area contributed by atoms with Crippen molar-refractivity contribution in [2.45, 2.75) is 66.0 Å². The van der Waals surface area contributed by atoms with Crippen molar-refractivity contribution >= 4 is 48.1 Å². The number of ether oxygens (including phenoxy) is 3. The van der Waals surface area contributed by atoms with Gasteiger partial charge in [0, 0.05) is 43.9 Å². The first kappa shape index (κ1) is 38.9. The second kappa shape index (κ2) is 16.0. The Hall–Kier alpha value is -3.28. The van der Waals surface area contributed by atoms with Gasteiger partial charge >= 0.3 is 5.97 Å². The van der Waals surface area contributed by atoms with E-state index in [-0.39, 0.29) is 78.6 Å². The van der Waals surface area contributed by atoms with E-state index in [0.717, 1.165) is 11.3 Å². The van der Waals surface area contributed by atoms with Gasteiger partial charge in [0.25, 0.3) is 0 Å². The van der Waals surface area contributed by atoms with Crippen LogP contribution in [0.2, 0.25) is 0 Å². The SMILES string of the molecule is CCOc1cc2c(c(F)c1OCC)C(=N)N(CC(=O)c1cc(N3CCN(C(CC)C(=O)O)CC3)c(OC)c(C(C)(C)C)c1)C2.Cl.Cl. The molecule has 0 radical (unpaired) electrons. The predicted molar refractivity (Wildman–Crippen MR) is 182 cm³/mol. The second-order valence-corrected chi connectivity index (χ2v) is 12.2. The van der Waals surface area contributed by atoms with E-state index in [9.17, 15) is 14.7 Å². The van der Waals surface area contributed by atoms with E-state index in [1.807, 2.05) is 24.0 Å². The molecule has 2 N–H and O–H groups in total. The number of carbonyl (C=O) groups excluding carboxylic acids is 1. The highest BCUT2D eigenvalue weighted by Crippen LogP contribution is 2.42. The first-order chi connectivity index (χ1) is 20.9. The molecule has 46 heavy (non-hydrogen) atoms. The molecule has 10 nitrogen and oxygen atoms in total. The minimum Gasteiger partial charge on any atom is -0.494 e. The minimum atomic E-state index is -0.820. The molecule has 0 spiro atoms. The van der Waals surface area contributed by atoms with E-state index in [4.69, 9.17) is 19.6 Å². The van der Waals surface area contributed by atoms with Gasteiger partial charge in [-0.05, 0) is 49.4 Å². The van der Waals surface area contributed by atoms with Crippen LogP contribution in [0.1, 0.15) is 75.0 Å². The molecule has 1 atom stereocenters. The number of benzene rings is 2. The van der Waals surface area contributed by atoms with Crippen molar-refractivity contribution in [3.63, 3.8) is 0 Å². The highest BCUT2D eigenvalue weighted by molar-refractivity contribution is 6.06. The van der Waals surface area contributed by atoms with E-state index in [1.54, 1.807) is 31.9 Å². The summed E-state index contributed by atoms with van der Waals surface area (Å²) in [7, 11) is 1.62. The first-order valence-corrected chi connectivity index (χ1v) is 15.3. The van der Waals surface area contributed by atoms with Crippen molar-refractivity contribution in [2.75, 3.05) is 57.9 Å². The summed E-state index contributed by atoms with van der Waals surface area (Å²) in [5, 5.41) is 18.4. The number of hydrogen-bond donors (Lipinski definition) is 2. The quantitative estimate of drug-likeness (QED) is 0.268. The topological polar surface area (TPSA) is 116 Å². The third kappa shape index (κ3) is 7.81. The van der Waals surface area contributed by atoms with E-state index in [2.05, 4.69) is 25.7 Å². The predicted octanol–water partition coefficient (Wildman–Crippen LogP) is 5.78. The van der Waals surface area contributed by atoms with Gasteiger partial charge in [0.05, 0.1) is 38.1 Å². The Balaban J connectivity index is 0.00000368. The highest BCUT2D eigenvalue weighted by atomic mass is 35.5. The van der Waals surface area contributed by atoms with Crippen molar-refractivity contribution in [3.8, 4) is 17.2 Å². The minimum absolute atomic E-state index is 0. The molecule has 2 aromatic rings. The Morgan fingerprint density at radius 1 is 1.00 bits per heavy atom. The summed E-state index contributed by atoms with van der Waals surface area (Å²) in [5.74, 6) is -0.796. The molecule has 0 saturated carbocycles. The molecule has 4 rings (SSSR count). The third-order valence-electron chi connectivity index (χ3n) is 8.28. The Bertz CT molecular complexity index is 1430. The maximum atomic E-state index is 15.6. The van der Waals surface area contributed by atoms with Gasteiger partial charge in [-0.2, -0.15) is 0 Å². The second-order valence-electron chi connectivity index (χ2n) is 12.2. The van der Waals surface area contributed by atoms with Gasteiger partial charge in [0.1, 0.15) is 17.6 Å². The fourth-order valence-corrected chi connectivity index (χ4v) is 6.07. The molecule has 0 bridgehead atoms. The van der Waals surface area contributed by atoms with Crippen LogP contribution in [-0.4, -0.2) is 91.6 Å². The number of fused-ring (bicyclic) bond motifs is 1. The van der Waals surface area contributed by atoms with Gasteiger partial charge in [0.2, 0.25) is 0 Å². The molecular weight excluding hydrogens is 638 g/mol. The largest absolute Gasteiger partial charge is 0.494 e. The van der Waals surface area contributed by atoms with E-state index in [0.29, 0.717) is 56.1 Å². The first-order valence-electron chi connectivity index (χ1n) is 15.3. The van der Waals surface area contributed by atoms with Gasteiger partial charge < -0.3 is 29.1 Å². The number of piperazine rings is 1. The zero-order valence-electron chi connectivity index (χ0n) is 27.7. The third-order valence-corrected chi connectivity index (χ3v) is 8.28. The standard InChI is InChI=1S/C33H45FN4O6.2ClH/c1-8-23(32(40)41)36-11-13-37(14-12-36)24-16-20(15-22(29(24)42-7)33(4,5)6)25(39)19-38-18-21-17-26(43-9-2)30(44-10-3)28(34)27(21)31(38)35;;/h15-17,23,35H,8-14,18-19H2,1-7H3,(H,40,41);2*1H. The number of ketones is 1. The van der Waals surface area contributed by atoms with Gasteiger partial charge in [-0.25, -0.2) is 4.39 Å². The van der Waals surface area contributed by atoms with E-state index >= 15 is 4.39 Å². The Kier molecular flexibility index (Phi) is 13.5. The summed E-state index contributed by atoms with van der Waals surface area (Å²) >= 11 is 0. The fraction of sp³-hybridized carbons (Fsp3) is 0.545. The van der Waals surface area contributed by atoms with Gasteiger partial charge in [0.15, 0.2) is 23.1 Å². The average molecular weight is 686 g/mol. The molecule has 256 valence electrons. The van der Waals surface area contributed by atoms with Crippen LogP contribution in [0.4, 0.5) is 10.1 Å². The monoisotopic (exact) mass is 684 g/mol. The molecule has 13 heteroatoms. The summed E-state index contributed by atoms with van der Waals surface area (Å²) in [6.07, 6.45) is 0.524. The number of anilines is 1. The van der Waals surface area contributed by atoms with E-state index in [1.165, 1.54) is 0 Å². The number of carbonyl (C=O) groups is 2. The lowest BCUT2D eigenvalue weighted by Gasteiger charge is -2.39. The van der Waals surface area contributed by atoms with Crippen molar-refractivity contribution < 1.29 is 33.3 Å². The summed E-state index contributed by atoms with van der Waals surface area (Å²) in [6.45, 7) is 14.6. The van der Waals surface area contributed by atoms with Crippen molar-refractivity contribution in [3.05, 3.63) is 46.3 Å². The van der Waals surface area contributed by atoms with Crippen molar-refractivity contribution in [2.24, 2.45) is 0 Å². The zero-order valence-corrected chi connectivity index (χ0v) is 29.3. The number of nitrogens with one attached hydrogen (secondary N) is 1. The number of carboxylic acids is 1. The maximum absolute atomic E-state index is 15.6. The number of hydrogen-bond acceptors (Lipinski definition) is 8. The van der Waals surface area contributed by atoms with Crippen LogP contribution in [0.5, 0.6) is 17.2 Å². The molecule has 0 aliphatic carbocycles. The Morgan fingerprint density at radius 3 is 2.15 bits per heavy atom. The zero-order chi connectivity index (χ0) is 32.3. The molecular formula is C33H47Cl2FN4O6. The molecule has 1 fully saturated rings. The number of amidine groups is 1. The Labute approximate surface area is 283 Å². The molecule has 0 aromatic heterocycles. The molecule has 0 amide bonds. The molecule has 1 unspecified atom stereocenters. The van der Waals surface area contributed by atoms with Crippen LogP contribution in [0.15, 0.2) is 18.2 Å². The molecule has 1 saturated heterocycles. The normalized spacial score (nSPS) is 15.4. The number of rotatable bonds is 12. The summed E-state index contributed by atoms with van der Waals surface area (Å²) in [5.41, 5.74) is 2.47. The number of Topliss-reactive ketones (excluding diaryl/α,β-unsaturated/α-hetero) is 1. The summed E-state index contributed by atoms with van der Waals surface area (Å²) in [6, 6.07) is 4.85. The molecule has 2 aliphatic rings. The van der Waals surface area contributed by atoms with Crippen molar-refractivity contribution in [1.29, 1.82) is 5.41 Å². The fourth-order valence-electron chi connectivity index (χ4n) is 6.07. The number of methoxy groups -OCH3 is 1. The van der Waals surface area contributed by atoms with Gasteiger partial charge in [-0.15, -0.1) is 24.8 Å². The van der Waals surface area contributed by atoms with Crippen LogP contribution >= 0.6 is 24.8 Å². The molecule has 2 aromatic carbocycles. The van der Waals surface area contributed by atoms with Crippen LogP contribution in [0.25, 0.3) is 0 Å². The van der Waals surface area contributed by atoms with Crippen LogP contribution in [-0.2, 0) is 16.8 Å². The summed E-state index contributed by atoms with van der Waals surface area (Å²) < 4.78 is 32.7. The Morgan fingerprint density at radius 2 is 1.63 bits per heavy atom.